The molecule has 0 saturated carbocycles. The number of sulfonamides is 1. The molecule has 1 amide bonds. The van der Waals surface area contributed by atoms with Crippen LogP contribution in [0.2, 0.25) is 0 Å². The van der Waals surface area contributed by atoms with Crippen molar-refractivity contribution in [2.45, 2.75) is 30.6 Å². The molecule has 29 heavy (non-hydrogen) atoms. The Hall–Kier alpha value is -3.13. The molecule has 0 atom stereocenters. The molecule has 1 aliphatic rings. The summed E-state index contributed by atoms with van der Waals surface area (Å²) in [6.07, 6.45) is 3.80. The van der Waals surface area contributed by atoms with Crippen LogP contribution in [0.4, 0.5) is 11.6 Å². The van der Waals surface area contributed by atoms with Crippen molar-refractivity contribution in [2.75, 3.05) is 16.7 Å². The van der Waals surface area contributed by atoms with E-state index in [0.29, 0.717) is 17.1 Å². The first-order valence-electron chi connectivity index (χ1n) is 9.39. The van der Waals surface area contributed by atoms with Crippen LogP contribution in [0.15, 0.2) is 64.0 Å². The smallest absolute Gasteiger partial charge is 0.264 e. The molecule has 1 aliphatic carbocycles. The lowest BCUT2D eigenvalue weighted by molar-refractivity contribution is 0.102. The minimum Gasteiger partial charge on any atom is -0.338 e. The number of para-hydroxylation sites is 1. The topological polar surface area (TPSA) is 92.5 Å². The molecule has 1 aromatic heterocycles. The van der Waals surface area contributed by atoms with E-state index in [1.54, 1.807) is 24.3 Å². The summed E-state index contributed by atoms with van der Waals surface area (Å²) in [4.78, 5) is 12.7. The molecule has 0 aliphatic heterocycles. The normalized spacial score (nSPS) is 13.6. The fourth-order valence-corrected chi connectivity index (χ4v) is 4.57. The zero-order chi connectivity index (χ0) is 20.4. The van der Waals surface area contributed by atoms with Gasteiger partial charge in [0.2, 0.25) is 5.88 Å². The summed E-state index contributed by atoms with van der Waals surface area (Å²) in [6.45, 7) is 0. The van der Waals surface area contributed by atoms with Gasteiger partial charge < -0.3 is 4.52 Å². The summed E-state index contributed by atoms with van der Waals surface area (Å²) in [6, 6.07) is 14.7. The number of hydrogen-bond acceptors (Lipinski definition) is 5. The van der Waals surface area contributed by atoms with Crippen molar-refractivity contribution in [3.8, 4) is 0 Å². The molecule has 0 bridgehead atoms. The highest BCUT2D eigenvalue weighted by atomic mass is 32.2. The zero-order valence-electron chi connectivity index (χ0n) is 16.0. The Kier molecular flexibility index (Phi) is 5.10. The van der Waals surface area contributed by atoms with Gasteiger partial charge >= 0.3 is 0 Å². The number of fused-ring (bicyclic) bond motifs is 1. The predicted molar refractivity (Wildman–Crippen MR) is 110 cm³/mol. The summed E-state index contributed by atoms with van der Waals surface area (Å²) < 4.78 is 32.2. The lowest BCUT2D eigenvalue weighted by Gasteiger charge is -2.19. The second-order valence-corrected chi connectivity index (χ2v) is 8.90. The van der Waals surface area contributed by atoms with E-state index in [9.17, 15) is 13.2 Å². The number of carbonyl (C=O) groups excluding carboxylic acids is 1. The number of nitrogens with zero attached hydrogens (tertiary/aromatic N) is 2. The van der Waals surface area contributed by atoms with Gasteiger partial charge in [0.05, 0.1) is 16.3 Å². The van der Waals surface area contributed by atoms with Crippen LogP contribution in [-0.4, -0.2) is 26.5 Å². The van der Waals surface area contributed by atoms with Crippen molar-refractivity contribution in [1.29, 1.82) is 0 Å². The Morgan fingerprint density at radius 1 is 1.03 bits per heavy atom. The molecular formula is C21H21N3O4S. The Labute approximate surface area is 169 Å². The van der Waals surface area contributed by atoms with E-state index in [2.05, 4.69) is 10.5 Å². The molecule has 2 aromatic carbocycles. The van der Waals surface area contributed by atoms with Crippen molar-refractivity contribution in [1.82, 2.24) is 5.16 Å². The Balaban J connectivity index is 1.51. The van der Waals surface area contributed by atoms with Gasteiger partial charge in [0.1, 0.15) is 0 Å². The van der Waals surface area contributed by atoms with Gasteiger partial charge in [0.15, 0.2) is 0 Å². The third-order valence-electron chi connectivity index (χ3n) is 5.08. The van der Waals surface area contributed by atoms with Crippen molar-refractivity contribution in [3.05, 3.63) is 71.4 Å². The average molecular weight is 411 g/mol. The van der Waals surface area contributed by atoms with Crippen molar-refractivity contribution in [3.63, 3.8) is 0 Å². The number of aromatic nitrogens is 1. The molecule has 4 rings (SSSR count). The number of aryl methyl sites for hydroxylation is 1. The second kappa shape index (κ2) is 7.71. The van der Waals surface area contributed by atoms with E-state index in [1.165, 1.54) is 35.6 Å². The highest BCUT2D eigenvalue weighted by Crippen LogP contribution is 2.28. The number of hydrogen-bond donors (Lipinski definition) is 1. The third kappa shape index (κ3) is 3.75. The van der Waals surface area contributed by atoms with Crippen molar-refractivity contribution >= 4 is 27.5 Å². The molecule has 0 fully saturated rings. The van der Waals surface area contributed by atoms with Gasteiger partial charge in [-0.2, -0.15) is 0 Å². The van der Waals surface area contributed by atoms with E-state index in [0.717, 1.165) is 36.9 Å². The number of rotatable bonds is 5. The monoisotopic (exact) mass is 411 g/mol. The van der Waals surface area contributed by atoms with E-state index in [-0.39, 0.29) is 10.8 Å². The van der Waals surface area contributed by atoms with Gasteiger partial charge in [-0.25, -0.2) is 8.42 Å². The third-order valence-corrected chi connectivity index (χ3v) is 6.88. The number of nitrogens with one attached hydrogen (secondary N) is 1. The van der Waals surface area contributed by atoms with Crippen LogP contribution in [0.25, 0.3) is 0 Å². The minimum atomic E-state index is -3.72. The molecule has 0 spiro atoms. The van der Waals surface area contributed by atoms with Gasteiger partial charge in [0, 0.05) is 18.2 Å². The van der Waals surface area contributed by atoms with Crippen LogP contribution in [0.3, 0.4) is 0 Å². The van der Waals surface area contributed by atoms with Crippen molar-refractivity contribution in [2.24, 2.45) is 0 Å². The van der Waals surface area contributed by atoms with Gasteiger partial charge in [-0.1, -0.05) is 23.4 Å². The van der Waals surface area contributed by atoms with Crippen LogP contribution in [-0.2, 0) is 22.9 Å². The standard InChI is InChI=1S/C21H21N3O4S/c1-24(16-7-3-2-4-8-16)29(26,27)17-13-11-15(12-14-17)20(25)22-21-18-9-5-6-10-19(18)23-28-21/h2-4,7-8,11-14H,5-6,9-10H2,1H3,(H,22,25). The van der Waals surface area contributed by atoms with Gasteiger partial charge in [0.25, 0.3) is 15.9 Å². The van der Waals surface area contributed by atoms with Gasteiger partial charge in [-0.3, -0.25) is 14.4 Å². The Morgan fingerprint density at radius 3 is 2.45 bits per heavy atom. The number of anilines is 2. The van der Waals surface area contributed by atoms with E-state index < -0.39 is 10.0 Å². The maximum absolute atomic E-state index is 12.8. The Morgan fingerprint density at radius 2 is 1.72 bits per heavy atom. The van der Waals surface area contributed by atoms with Crippen LogP contribution >= 0.6 is 0 Å². The van der Waals surface area contributed by atoms with Crippen LogP contribution in [0.5, 0.6) is 0 Å². The predicted octanol–water partition coefficient (Wildman–Crippen LogP) is 3.63. The van der Waals surface area contributed by atoms with E-state index >= 15 is 0 Å². The highest BCUT2D eigenvalue weighted by molar-refractivity contribution is 7.92. The molecule has 7 nitrogen and oxygen atoms in total. The molecule has 8 heteroatoms. The number of benzene rings is 2. The first-order valence-corrected chi connectivity index (χ1v) is 10.8. The zero-order valence-corrected chi connectivity index (χ0v) is 16.8. The highest BCUT2D eigenvalue weighted by Gasteiger charge is 2.23. The lowest BCUT2D eigenvalue weighted by atomic mass is 9.97. The van der Waals surface area contributed by atoms with Crippen LogP contribution in [0, 0.1) is 0 Å². The molecule has 1 N–H and O–H groups in total. The summed E-state index contributed by atoms with van der Waals surface area (Å²) >= 11 is 0. The minimum absolute atomic E-state index is 0.109. The van der Waals surface area contributed by atoms with Gasteiger partial charge in [-0.15, -0.1) is 0 Å². The SMILES string of the molecule is CN(c1ccccc1)S(=O)(=O)c1ccc(C(=O)Nc2onc3c2CCCC3)cc1. The second-order valence-electron chi connectivity index (χ2n) is 6.93. The molecule has 0 saturated heterocycles. The summed E-state index contributed by atoms with van der Waals surface area (Å²) in [5, 5.41) is 6.77. The van der Waals surface area contributed by atoms with E-state index in [1.807, 2.05) is 6.07 Å². The fourth-order valence-electron chi connectivity index (χ4n) is 3.38. The lowest BCUT2D eigenvalue weighted by Crippen LogP contribution is -2.26. The maximum atomic E-state index is 12.8. The largest absolute Gasteiger partial charge is 0.338 e. The van der Waals surface area contributed by atoms with Crippen LogP contribution < -0.4 is 9.62 Å². The fraction of sp³-hybridized carbons (Fsp3) is 0.238. The first kappa shape index (κ1) is 19.2. The quantitative estimate of drug-likeness (QED) is 0.692. The van der Waals surface area contributed by atoms with Crippen molar-refractivity contribution < 1.29 is 17.7 Å². The first-order chi connectivity index (χ1) is 14.0. The number of carbonyl (C=O) groups is 1. The molecule has 3 aromatic rings. The van der Waals surface area contributed by atoms with Gasteiger partial charge in [-0.05, 0) is 62.1 Å². The molecule has 1 heterocycles. The summed E-state index contributed by atoms with van der Waals surface area (Å²) in [5.41, 5.74) is 2.75. The average Bonchev–Trinajstić information content (AvgIpc) is 3.16. The maximum Gasteiger partial charge on any atom is 0.264 e. The molecule has 150 valence electrons. The molecule has 0 unspecified atom stereocenters. The van der Waals surface area contributed by atoms with Crippen LogP contribution in [0.1, 0.15) is 34.5 Å². The molecular weight excluding hydrogens is 390 g/mol. The molecule has 0 radical (unpaired) electrons. The summed E-state index contributed by atoms with van der Waals surface area (Å²) in [7, 11) is -2.23. The van der Waals surface area contributed by atoms with E-state index in [4.69, 9.17) is 4.52 Å². The Bertz CT molecular complexity index is 1120. The summed E-state index contributed by atoms with van der Waals surface area (Å²) in [5.74, 6) is 0.0140. The number of amides is 1.